The summed E-state index contributed by atoms with van der Waals surface area (Å²) in [5.74, 6) is 0.400. The topological polar surface area (TPSA) is 29.5 Å². The Balaban J connectivity index is 2.13. The third-order valence-corrected chi connectivity index (χ3v) is 4.09. The molecule has 96 valence electrons. The summed E-state index contributed by atoms with van der Waals surface area (Å²) in [4.78, 5) is 0.772. The van der Waals surface area contributed by atoms with E-state index in [0.29, 0.717) is 15.8 Å². The second-order valence-corrected chi connectivity index (χ2v) is 5.70. The van der Waals surface area contributed by atoms with Crippen LogP contribution in [0.1, 0.15) is 16.5 Å². The molecule has 2 nitrogen and oxygen atoms in total. The number of aliphatic hydroxyl groups excluding tert-OH is 1. The van der Waals surface area contributed by atoms with Gasteiger partial charge in [-0.15, -0.1) is 11.3 Å². The first-order valence-electron chi connectivity index (χ1n) is 5.34. The van der Waals surface area contributed by atoms with Gasteiger partial charge in [0, 0.05) is 21.2 Å². The van der Waals surface area contributed by atoms with E-state index in [9.17, 15) is 9.50 Å². The molecule has 1 unspecified atom stereocenters. The average Bonchev–Trinajstić information content (AvgIpc) is 2.81. The molecule has 0 saturated heterocycles. The maximum Gasteiger partial charge on any atom is 0.129 e. The molecule has 1 aromatic heterocycles. The molecule has 0 spiro atoms. The van der Waals surface area contributed by atoms with E-state index in [2.05, 4.69) is 15.9 Å². The maximum absolute atomic E-state index is 13.6. The summed E-state index contributed by atoms with van der Waals surface area (Å²) in [5, 5.41) is 11.9. The standard InChI is InChI=1S/C13H12BrFO2S/c1-17-10-6-13(18-7-10)12(16)4-8-2-3-9(14)5-11(8)15/h2-3,5-7,12,16H,4H2,1H3. The van der Waals surface area contributed by atoms with Gasteiger partial charge in [-0.2, -0.15) is 0 Å². The number of ether oxygens (including phenoxy) is 1. The second-order valence-electron chi connectivity index (χ2n) is 3.84. The normalized spacial score (nSPS) is 12.4. The first-order valence-corrected chi connectivity index (χ1v) is 7.02. The van der Waals surface area contributed by atoms with Crippen molar-refractivity contribution in [3.63, 3.8) is 0 Å². The van der Waals surface area contributed by atoms with Gasteiger partial charge in [0.1, 0.15) is 11.6 Å². The number of halogens is 2. The van der Waals surface area contributed by atoms with Crippen molar-refractivity contribution in [3.8, 4) is 5.75 Å². The van der Waals surface area contributed by atoms with E-state index < -0.39 is 6.10 Å². The number of rotatable bonds is 4. The van der Waals surface area contributed by atoms with Crippen LogP contribution < -0.4 is 4.74 Å². The number of thiophene rings is 1. The van der Waals surface area contributed by atoms with Gasteiger partial charge in [0.25, 0.3) is 0 Å². The van der Waals surface area contributed by atoms with Crippen LogP contribution in [0.25, 0.3) is 0 Å². The summed E-state index contributed by atoms with van der Waals surface area (Å²) in [6, 6.07) is 6.61. The van der Waals surface area contributed by atoms with Crippen LogP contribution in [0.4, 0.5) is 4.39 Å². The van der Waals surface area contributed by atoms with Gasteiger partial charge in [-0.05, 0) is 23.8 Å². The van der Waals surface area contributed by atoms with Gasteiger partial charge in [-0.25, -0.2) is 4.39 Å². The largest absolute Gasteiger partial charge is 0.496 e. The van der Waals surface area contributed by atoms with Gasteiger partial charge in [-0.1, -0.05) is 22.0 Å². The number of benzene rings is 1. The van der Waals surface area contributed by atoms with Crippen LogP contribution >= 0.6 is 27.3 Å². The Labute approximate surface area is 117 Å². The van der Waals surface area contributed by atoms with Crippen molar-refractivity contribution >= 4 is 27.3 Å². The van der Waals surface area contributed by atoms with Gasteiger partial charge in [0.15, 0.2) is 0 Å². The maximum atomic E-state index is 13.6. The Kier molecular flexibility index (Phi) is 4.37. The van der Waals surface area contributed by atoms with E-state index in [1.54, 1.807) is 25.3 Å². The molecule has 0 fully saturated rings. The van der Waals surface area contributed by atoms with E-state index in [1.165, 1.54) is 17.4 Å². The molecule has 0 radical (unpaired) electrons. The minimum absolute atomic E-state index is 0.253. The van der Waals surface area contributed by atoms with Crippen LogP contribution in [0.15, 0.2) is 34.1 Å². The molecule has 1 aromatic carbocycles. The highest BCUT2D eigenvalue weighted by Gasteiger charge is 2.14. The third-order valence-electron chi connectivity index (χ3n) is 2.59. The van der Waals surface area contributed by atoms with Gasteiger partial charge in [-0.3, -0.25) is 0 Å². The molecule has 2 rings (SSSR count). The number of hydrogen-bond donors (Lipinski definition) is 1. The van der Waals surface area contributed by atoms with Gasteiger partial charge >= 0.3 is 0 Å². The van der Waals surface area contributed by atoms with Crippen LogP contribution in [0, 0.1) is 5.82 Å². The van der Waals surface area contributed by atoms with Crippen LogP contribution in [0.2, 0.25) is 0 Å². The zero-order valence-electron chi connectivity index (χ0n) is 9.69. The summed E-state index contributed by atoms with van der Waals surface area (Å²) < 4.78 is 19.4. The fourth-order valence-electron chi connectivity index (χ4n) is 1.61. The second kappa shape index (κ2) is 5.82. The number of methoxy groups -OCH3 is 1. The monoisotopic (exact) mass is 330 g/mol. The van der Waals surface area contributed by atoms with E-state index in [4.69, 9.17) is 4.74 Å². The minimum Gasteiger partial charge on any atom is -0.496 e. The van der Waals surface area contributed by atoms with Crippen LogP contribution in [-0.4, -0.2) is 12.2 Å². The molecule has 5 heteroatoms. The smallest absolute Gasteiger partial charge is 0.129 e. The summed E-state index contributed by atoms with van der Waals surface area (Å²) in [5.41, 5.74) is 0.498. The molecule has 0 aliphatic heterocycles. The lowest BCUT2D eigenvalue weighted by molar-refractivity contribution is 0.180. The molecule has 0 bridgehead atoms. The lowest BCUT2D eigenvalue weighted by Gasteiger charge is -2.09. The van der Waals surface area contributed by atoms with E-state index >= 15 is 0 Å². The Morgan fingerprint density at radius 3 is 2.83 bits per heavy atom. The molecule has 2 aromatic rings. The highest BCUT2D eigenvalue weighted by molar-refractivity contribution is 9.10. The van der Waals surface area contributed by atoms with Gasteiger partial charge in [0.2, 0.25) is 0 Å². The summed E-state index contributed by atoms with van der Waals surface area (Å²) in [6.07, 6.45) is -0.461. The van der Waals surface area contributed by atoms with Crippen molar-refractivity contribution in [2.45, 2.75) is 12.5 Å². The van der Waals surface area contributed by atoms with Gasteiger partial charge in [0.05, 0.1) is 13.2 Å². The molecule has 1 atom stereocenters. The SMILES string of the molecule is COc1csc(C(O)Cc2ccc(Br)cc2F)c1. The minimum atomic E-state index is -0.713. The number of aliphatic hydroxyl groups is 1. The molecular weight excluding hydrogens is 319 g/mol. The first kappa shape index (κ1) is 13.5. The van der Waals surface area contributed by atoms with E-state index in [1.807, 2.05) is 5.38 Å². The highest BCUT2D eigenvalue weighted by atomic mass is 79.9. The molecule has 0 aliphatic carbocycles. The molecule has 0 aliphatic rings. The fraction of sp³-hybridized carbons (Fsp3) is 0.231. The van der Waals surface area contributed by atoms with E-state index in [-0.39, 0.29) is 12.2 Å². The Hall–Kier alpha value is -0.910. The Morgan fingerprint density at radius 2 is 2.22 bits per heavy atom. The highest BCUT2D eigenvalue weighted by Crippen LogP contribution is 2.29. The molecule has 0 saturated carbocycles. The van der Waals surface area contributed by atoms with Gasteiger partial charge < -0.3 is 9.84 Å². The van der Waals surface area contributed by atoms with Crippen molar-refractivity contribution in [2.24, 2.45) is 0 Å². The quantitative estimate of drug-likeness (QED) is 0.920. The summed E-state index contributed by atoms with van der Waals surface area (Å²) in [7, 11) is 1.58. The van der Waals surface area contributed by atoms with Crippen molar-refractivity contribution in [2.75, 3.05) is 7.11 Å². The predicted molar refractivity (Wildman–Crippen MR) is 73.6 cm³/mol. The summed E-state index contributed by atoms with van der Waals surface area (Å²) >= 11 is 4.61. The van der Waals surface area contributed by atoms with Crippen LogP contribution in [0.5, 0.6) is 5.75 Å². The van der Waals surface area contributed by atoms with Crippen LogP contribution in [0.3, 0.4) is 0 Å². The Bertz CT molecular complexity index is 542. The molecular formula is C13H12BrFO2S. The van der Waals surface area contributed by atoms with Crippen LogP contribution in [-0.2, 0) is 6.42 Å². The zero-order valence-corrected chi connectivity index (χ0v) is 12.1. The zero-order chi connectivity index (χ0) is 13.1. The third kappa shape index (κ3) is 3.10. The average molecular weight is 331 g/mol. The van der Waals surface area contributed by atoms with Crippen molar-refractivity contribution in [3.05, 3.63) is 50.4 Å². The molecule has 18 heavy (non-hydrogen) atoms. The predicted octanol–water partition coefficient (Wildman–Crippen LogP) is 3.93. The fourth-order valence-corrected chi connectivity index (χ4v) is 2.79. The van der Waals surface area contributed by atoms with E-state index in [0.717, 1.165) is 4.88 Å². The lowest BCUT2D eigenvalue weighted by atomic mass is 10.1. The molecule has 1 N–H and O–H groups in total. The summed E-state index contributed by atoms with van der Waals surface area (Å²) in [6.45, 7) is 0. The lowest BCUT2D eigenvalue weighted by Crippen LogP contribution is -2.01. The molecule has 0 amide bonds. The van der Waals surface area contributed by atoms with Crippen molar-refractivity contribution < 1.29 is 14.2 Å². The van der Waals surface area contributed by atoms with Crippen molar-refractivity contribution in [1.82, 2.24) is 0 Å². The Morgan fingerprint density at radius 1 is 1.44 bits per heavy atom. The van der Waals surface area contributed by atoms with Crippen molar-refractivity contribution in [1.29, 1.82) is 0 Å². The first-order chi connectivity index (χ1) is 8.60. The molecule has 1 heterocycles. The number of hydrogen-bond acceptors (Lipinski definition) is 3.